The van der Waals surface area contributed by atoms with E-state index < -0.39 is 24.2 Å². The van der Waals surface area contributed by atoms with Gasteiger partial charge in [-0.2, -0.15) is 0 Å². The number of ether oxygens (including phenoxy) is 2. The van der Waals surface area contributed by atoms with Gasteiger partial charge in [0.15, 0.2) is 6.61 Å². The van der Waals surface area contributed by atoms with Crippen molar-refractivity contribution in [2.45, 2.75) is 20.3 Å². The minimum Gasteiger partial charge on any atom is -0.489 e. The van der Waals surface area contributed by atoms with Crippen LogP contribution in [0, 0.1) is 18.6 Å². The molecule has 0 aliphatic rings. The molecule has 0 saturated heterocycles. The molecule has 1 N–H and O–H groups in total. The molecular weight excluding hydrogens is 629 g/mol. The smallest absolute Gasteiger partial charge is 0.341 e. The Bertz CT molecular complexity index is 1810. The van der Waals surface area contributed by atoms with Crippen LogP contribution in [0.25, 0.3) is 27.8 Å². The van der Waals surface area contributed by atoms with E-state index in [2.05, 4.69) is 6.92 Å². The number of benzene rings is 5. The zero-order valence-electron chi connectivity index (χ0n) is 25.1. The molecule has 0 amide bonds. The van der Waals surface area contributed by atoms with Crippen LogP contribution in [0.1, 0.15) is 30.0 Å². The summed E-state index contributed by atoms with van der Waals surface area (Å²) in [7, 11) is 0. The average Bonchev–Trinajstić information content (AvgIpc) is 3.03. The van der Waals surface area contributed by atoms with Crippen LogP contribution in [0.3, 0.4) is 0 Å². The van der Waals surface area contributed by atoms with Gasteiger partial charge in [-0.15, -0.1) is 0 Å². The Morgan fingerprint density at radius 2 is 1.22 bits per heavy atom. The summed E-state index contributed by atoms with van der Waals surface area (Å²) >= 11 is 12.7. The normalized spacial score (nSPS) is 10.8. The number of rotatable bonds is 11. The highest BCUT2D eigenvalue weighted by atomic mass is 35.5. The van der Waals surface area contributed by atoms with E-state index in [0.717, 1.165) is 50.1 Å². The molecule has 46 heavy (non-hydrogen) atoms. The molecule has 234 valence electrons. The lowest BCUT2D eigenvalue weighted by molar-refractivity contribution is -0.139. The molecule has 0 fully saturated rings. The second kappa shape index (κ2) is 14.6. The van der Waals surface area contributed by atoms with Gasteiger partial charge >= 0.3 is 5.97 Å². The van der Waals surface area contributed by atoms with Gasteiger partial charge in [0.05, 0.1) is 10.0 Å². The number of aryl methyl sites for hydroxylation is 1. The Morgan fingerprint density at radius 1 is 0.696 bits per heavy atom. The van der Waals surface area contributed by atoms with E-state index in [0.29, 0.717) is 28.0 Å². The van der Waals surface area contributed by atoms with Crippen molar-refractivity contribution in [3.63, 3.8) is 0 Å². The van der Waals surface area contributed by atoms with Crippen molar-refractivity contribution < 1.29 is 28.2 Å². The molecule has 0 spiro atoms. The maximum Gasteiger partial charge on any atom is 0.341 e. The predicted molar refractivity (Wildman–Crippen MR) is 180 cm³/mol. The first-order valence-corrected chi connectivity index (χ1v) is 15.3. The molecule has 8 heteroatoms. The zero-order valence-corrected chi connectivity index (χ0v) is 26.6. The highest BCUT2D eigenvalue weighted by Gasteiger charge is 2.15. The predicted octanol–water partition coefficient (Wildman–Crippen LogP) is 10.7. The number of hydrogen-bond acceptors (Lipinski definition) is 3. The van der Waals surface area contributed by atoms with E-state index in [9.17, 15) is 13.6 Å². The lowest BCUT2D eigenvalue weighted by Gasteiger charge is -2.18. The van der Waals surface area contributed by atoms with Crippen molar-refractivity contribution in [3.05, 3.63) is 147 Å². The number of carbonyl (C=O) groups is 1. The molecule has 0 bridgehead atoms. The molecule has 0 unspecified atom stereocenters. The Balaban J connectivity index is 1.51. The molecule has 5 aromatic carbocycles. The molecule has 0 aliphatic carbocycles. The van der Waals surface area contributed by atoms with Crippen LogP contribution in [-0.2, 0) is 4.79 Å². The third-order valence-electron chi connectivity index (χ3n) is 7.52. The van der Waals surface area contributed by atoms with Gasteiger partial charge in [0.2, 0.25) is 0 Å². The zero-order chi connectivity index (χ0) is 32.8. The number of carboxylic acid groups (broad SMARTS) is 1. The van der Waals surface area contributed by atoms with Crippen molar-refractivity contribution in [2.75, 3.05) is 13.2 Å². The maximum atomic E-state index is 13.7. The van der Waals surface area contributed by atoms with Crippen molar-refractivity contribution in [1.29, 1.82) is 0 Å². The van der Waals surface area contributed by atoms with E-state index in [1.54, 1.807) is 24.3 Å². The Hall–Kier alpha value is -4.65. The van der Waals surface area contributed by atoms with Gasteiger partial charge in [0.1, 0.15) is 29.7 Å². The van der Waals surface area contributed by atoms with Gasteiger partial charge in [-0.3, -0.25) is 0 Å². The van der Waals surface area contributed by atoms with Gasteiger partial charge in [0.25, 0.3) is 0 Å². The SMILES string of the molecule is CCC(COc1ccc(OCC(=O)O)c(C)c1)=C(c1ccc(-c2ccc(F)cc2Cl)cc1)c1ccc(-c2ccc(F)cc2Cl)cc1. The summed E-state index contributed by atoms with van der Waals surface area (Å²) in [6, 6.07) is 29.8. The van der Waals surface area contributed by atoms with Gasteiger partial charge < -0.3 is 14.6 Å². The average molecular weight is 660 g/mol. The van der Waals surface area contributed by atoms with Gasteiger partial charge in [-0.05, 0) is 107 Å². The fraction of sp³-hybridized carbons (Fsp3) is 0.132. The number of halogens is 4. The van der Waals surface area contributed by atoms with E-state index in [4.69, 9.17) is 37.8 Å². The van der Waals surface area contributed by atoms with E-state index in [-0.39, 0.29) is 6.61 Å². The van der Waals surface area contributed by atoms with E-state index in [1.807, 2.05) is 61.5 Å². The van der Waals surface area contributed by atoms with Crippen LogP contribution in [-0.4, -0.2) is 24.3 Å². The van der Waals surface area contributed by atoms with Crippen LogP contribution >= 0.6 is 23.2 Å². The fourth-order valence-corrected chi connectivity index (χ4v) is 5.74. The van der Waals surface area contributed by atoms with Crippen LogP contribution < -0.4 is 9.47 Å². The Kier molecular flexibility index (Phi) is 10.4. The third kappa shape index (κ3) is 7.76. The first-order chi connectivity index (χ1) is 22.1. The van der Waals surface area contributed by atoms with E-state index in [1.165, 1.54) is 24.3 Å². The molecule has 0 aromatic heterocycles. The van der Waals surface area contributed by atoms with Gasteiger partial charge in [0, 0.05) is 11.1 Å². The highest BCUT2D eigenvalue weighted by molar-refractivity contribution is 6.33. The van der Waals surface area contributed by atoms with Crippen molar-refractivity contribution >= 4 is 34.7 Å². The first-order valence-electron chi connectivity index (χ1n) is 14.5. The second-order valence-electron chi connectivity index (χ2n) is 10.6. The molecule has 0 radical (unpaired) electrons. The summed E-state index contributed by atoms with van der Waals surface area (Å²) in [6.45, 7) is 3.76. The summed E-state index contributed by atoms with van der Waals surface area (Å²) in [6.07, 6.45) is 0.686. The van der Waals surface area contributed by atoms with Crippen LogP contribution in [0.5, 0.6) is 11.5 Å². The summed E-state index contributed by atoms with van der Waals surface area (Å²) < 4.78 is 38.9. The van der Waals surface area contributed by atoms with Crippen molar-refractivity contribution in [2.24, 2.45) is 0 Å². The molecular formula is C38H30Cl2F2O4. The summed E-state index contributed by atoms with van der Waals surface area (Å²) in [5.74, 6) is -0.748. The quantitative estimate of drug-likeness (QED) is 0.153. The van der Waals surface area contributed by atoms with Crippen LogP contribution in [0.2, 0.25) is 10.0 Å². The van der Waals surface area contributed by atoms with Crippen LogP contribution in [0.15, 0.2) is 109 Å². The molecule has 0 aliphatic heterocycles. The number of aliphatic carboxylic acids is 1. The minimum absolute atomic E-state index is 0.289. The monoisotopic (exact) mass is 658 g/mol. The molecule has 0 saturated carbocycles. The van der Waals surface area contributed by atoms with E-state index >= 15 is 0 Å². The third-order valence-corrected chi connectivity index (χ3v) is 8.15. The fourth-order valence-electron chi connectivity index (χ4n) is 5.19. The molecule has 5 rings (SSSR count). The molecule has 0 heterocycles. The van der Waals surface area contributed by atoms with Gasteiger partial charge in [-0.1, -0.05) is 78.7 Å². The second-order valence-corrected chi connectivity index (χ2v) is 11.4. The molecule has 0 atom stereocenters. The summed E-state index contributed by atoms with van der Waals surface area (Å²) in [5.41, 5.74) is 7.82. The maximum absolute atomic E-state index is 13.7. The number of carboxylic acids is 1. The van der Waals surface area contributed by atoms with Gasteiger partial charge in [-0.25, -0.2) is 13.6 Å². The lowest BCUT2D eigenvalue weighted by atomic mass is 9.90. The Morgan fingerprint density at radius 3 is 1.65 bits per heavy atom. The van der Waals surface area contributed by atoms with Crippen molar-refractivity contribution in [3.8, 4) is 33.8 Å². The number of hydrogen-bond donors (Lipinski definition) is 1. The summed E-state index contributed by atoms with van der Waals surface area (Å²) in [4.78, 5) is 10.9. The summed E-state index contributed by atoms with van der Waals surface area (Å²) in [5, 5.41) is 9.59. The largest absolute Gasteiger partial charge is 0.489 e. The Labute approximate surface area is 276 Å². The van der Waals surface area contributed by atoms with Crippen molar-refractivity contribution in [1.82, 2.24) is 0 Å². The first kappa shape index (κ1) is 32.7. The standard InChI is InChI=1S/C38H30Cl2F2O4/c1-3-24(21-45-31-14-17-36(23(2)18-31)46-22-37(43)44)38(27-8-4-25(5-9-27)32-15-12-29(41)19-34(32)39)28-10-6-26(7-11-28)33-16-13-30(42)20-35(33)40/h4-20H,3,21-22H2,1-2H3,(H,43,44). The highest BCUT2D eigenvalue weighted by Crippen LogP contribution is 2.35. The minimum atomic E-state index is -1.05. The van der Waals surface area contributed by atoms with Crippen LogP contribution in [0.4, 0.5) is 8.78 Å². The molecule has 5 aromatic rings. The topological polar surface area (TPSA) is 55.8 Å². The molecule has 4 nitrogen and oxygen atoms in total. The lowest BCUT2D eigenvalue weighted by Crippen LogP contribution is -2.10.